The zero-order valence-electron chi connectivity index (χ0n) is 11.1. The average molecular weight is 250 g/mol. The highest BCUT2D eigenvalue weighted by Crippen LogP contribution is 2.19. The van der Waals surface area contributed by atoms with Crippen LogP contribution in [0.1, 0.15) is 26.5 Å². The number of nitrogens with one attached hydrogen (secondary N) is 1. The minimum absolute atomic E-state index is 0.0450. The standard InChI is InChI=1S/C12H18N4O2/c1-12(2,3)13-5-9-8-17-11(15-9)18-10-6-14-16(4)7-10/h6-8,13H,5H2,1-4H3. The van der Waals surface area contributed by atoms with E-state index in [1.54, 1.807) is 23.3 Å². The number of hydrogen-bond donors (Lipinski definition) is 1. The molecule has 0 bridgehead atoms. The van der Waals surface area contributed by atoms with Gasteiger partial charge in [-0.3, -0.25) is 4.68 Å². The Hall–Kier alpha value is -1.82. The van der Waals surface area contributed by atoms with E-state index in [1.807, 2.05) is 7.05 Å². The fourth-order valence-electron chi connectivity index (χ4n) is 1.32. The van der Waals surface area contributed by atoms with Crippen molar-refractivity contribution in [3.63, 3.8) is 0 Å². The summed E-state index contributed by atoms with van der Waals surface area (Å²) in [4.78, 5) is 4.23. The highest BCUT2D eigenvalue weighted by molar-refractivity contribution is 5.16. The van der Waals surface area contributed by atoms with Crippen molar-refractivity contribution in [1.82, 2.24) is 20.1 Å². The third-order valence-corrected chi connectivity index (χ3v) is 2.22. The number of oxazole rings is 1. The molecular formula is C12H18N4O2. The van der Waals surface area contributed by atoms with Crippen molar-refractivity contribution >= 4 is 0 Å². The van der Waals surface area contributed by atoms with E-state index in [0.717, 1.165) is 5.69 Å². The summed E-state index contributed by atoms with van der Waals surface area (Å²) < 4.78 is 12.3. The van der Waals surface area contributed by atoms with Gasteiger partial charge in [0.15, 0.2) is 5.75 Å². The Bertz CT molecular complexity index is 510. The second-order valence-electron chi connectivity index (χ2n) is 5.16. The van der Waals surface area contributed by atoms with Gasteiger partial charge in [-0.25, -0.2) is 0 Å². The van der Waals surface area contributed by atoms with Crippen LogP contribution in [0.3, 0.4) is 0 Å². The van der Waals surface area contributed by atoms with Crippen LogP contribution in [0.25, 0.3) is 0 Å². The lowest BCUT2D eigenvalue weighted by atomic mass is 10.1. The zero-order valence-corrected chi connectivity index (χ0v) is 11.1. The lowest BCUT2D eigenvalue weighted by Gasteiger charge is -2.19. The van der Waals surface area contributed by atoms with Crippen LogP contribution in [0.2, 0.25) is 0 Å². The summed E-state index contributed by atoms with van der Waals surface area (Å²) >= 11 is 0. The molecule has 0 fully saturated rings. The number of nitrogens with zero attached hydrogens (tertiary/aromatic N) is 3. The van der Waals surface area contributed by atoms with Crippen LogP contribution in [0.4, 0.5) is 0 Å². The topological polar surface area (TPSA) is 65.1 Å². The van der Waals surface area contributed by atoms with E-state index in [9.17, 15) is 0 Å². The minimum Gasteiger partial charge on any atom is -0.417 e. The van der Waals surface area contributed by atoms with Crippen LogP contribution < -0.4 is 10.1 Å². The van der Waals surface area contributed by atoms with Crippen molar-refractivity contribution in [2.24, 2.45) is 7.05 Å². The van der Waals surface area contributed by atoms with Gasteiger partial charge in [0.05, 0.1) is 18.1 Å². The van der Waals surface area contributed by atoms with Gasteiger partial charge in [0, 0.05) is 19.1 Å². The molecule has 6 nitrogen and oxygen atoms in total. The first-order valence-corrected chi connectivity index (χ1v) is 5.78. The highest BCUT2D eigenvalue weighted by Gasteiger charge is 2.12. The lowest BCUT2D eigenvalue weighted by Crippen LogP contribution is -2.35. The molecule has 2 aromatic rings. The summed E-state index contributed by atoms with van der Waals surface area (Å²) in [6.07, 6.45) is 5.17. The first kappa shape index (κ1) is 12.6. The van der Waals surface area contributed by atoms with Gasteiger partial charge in [-0.05, 0) is 20.8 Å². The molecule has 18 heavy (non-hydrogen) atoms. The SMILES string of the molecule is Cn1cc(Oc2nc(CNC(C)(C)C)co2)cn1. The fraction of sp³-hybridized carbons (Fsp3) is 0.500. The zero-order chi connectivity index (χ0) is 13.2. The number of aryl methyl sites for hydroxylation is 1. The Morgan fingerprint density at radius 2 is 2.22 bits per heavy atom. The van der Waals surface area contributed by atoms with Crippen molar-refractivity contribution in [3.05, 3.63) is 24.4 Å². The lowest BCUT2D eigenvalue weighted by molar-refractivity contribution is 0.330. The number of aromatic nitrogens is 3. The van der Waals surface area contributed by atoms with Crippen molar-refractivity contribution in [2.45, 2.75) is 32.9 Å². The molecule has 2 heterocycles. The van der Waals surface area contributed by atoms with Crippen LogP contribution >= 0.6 is 0 Å². The second-order valence-corrected chi connectivity index (χ2v) is 5.16. The van der Waals surface area contributed by atoms with E-state index in [4.69, 9.17) is 9.15 Å². The number of rotatable bonds is 4. The number of ether oxygens (including phenoxy) is 1. The monoisotopic (exact) mass is 250 g/mol. The van der Waals surface area contributed by atoms with Crippen molar-refractivity contribution in [1.29, 1.82) is 0 Å². The molecule has 0 unspecified atom stereocenters. The largest absolute Gasteiger partial charge is 0.417 e. The molecule has 0 radical (unpaired) electrons. The summed E-state index contributed by atoms with van der Waals surface area (Å²) in [6.45, 7) is 6.93. The molecule has 0 amide bonds. The van der Waals surface area contributed by atoms with Crippen LogP contribution in [0.15, 0.2) is 23.1 Å². The molecule has 0 spiro atoms. The molecule has 0 atom stereocenters. The van der Waals surface area contributed by atoms with Crippen LogP contribution in [0, 0.1) is 0 Å². The van der Waals surface area contributed by atoms with E-state index in [-0.39, 0.29) is 11.6 Å². The van der Waals surface area contributed by atoms with E-state index in [2.05, 4.69) is 36.2 Å². The maximum absolute atomic E-state index is 5.42. The molecule has 6 heteroatoms. The maximum atomic E-state index is 5.42. The third kappa shape index (κ3) is 3.59. The van der Waals surface area contributed by atoms with Crippen LogP contribution in [-0.2, 0) is 13.6 Å². The Morgan fingerprint density at radius 1 is 1.44 bits per heavy atom. The Kier molecular flexibility index (Phi) is 3.38. The average Bonchev–Trinajstić information content (AvgIpc) is 2.85. The molecule has 0 aliphatic heterocycles. The Balaban J connectivity index is 1.94. The van der Waals surface area contributed by atoms with Gasteiger partial charge in [0.1, 0.15) is 6.26 Å². The molecule has 2 rings (SSSR count). The number of hydrogen-bond acceptors (Lipinski definition) is 5. The van der Waals surface area contributed by atoms with Gasteiger partial charge < -0.3 is 14.5 Å². The fourth-order valence-corrected chi connectivity index (χ4v) is 1.32. The van der Waals surface area contributed by atoms with Crippen LogP contribution in [0.5, 0.6) is 11.8 Å². The van der Waals surface area contributed by atoms with Gasteiger partial charge in [0.25, 0.3) is 0 Å². The molecule has 0 aliphatic carbocycles. The first-order chi connectivity index (χ1) is 8.42. The van der Waals surface area contributed by atoms with E-state index >= 15 is 0 Å². The molecule has 0 aliphatic rings. The van der Waals surface area contributed by atoms with Gasteiger partial charge >= 0.3 is 6.08 Å². The summed E-state index contributed by atoms with van der Waals surface area (Å²) in [5, 5.41) is 7.32. The smallest absolute Gasteiger partial charge is 0.399 e. The summed E-state index contributed by atoms with van der Waals surface area (Å²) in [6, 6.07) is 0. The summed E-state index contributed by atoms with van der Waals surface area (Å²) in [7, 11) is 1.82. The Labute approximate surface area is 106 Å². The van der Waals surface area contributed by atoms with Gasteiger partial charge in [-0.1, -0.05) is 0 Å². The molecule has 0 aromatic carbocycles. The second kappa shape index (κ2) is 4.81. The third-order valence-electron chi connectivity index (χ3n) is 2.22. The molecular weight excluding hydrogens is 232 g/mol. The predicted octanol–water partition coefficient (Wildman–Crippen LogP) is 2.09. The summed E-state index contributed by atoms with van der Waals surface area (Å²) in [5.41, 5.74) is 0.854. The molecule has 0 saturated carbocycles. The van der Waals surface area contributed by atoms with Crippen molar-refractivity contribution in [2.75, 3.05) is 0 Å². The van der Waals surface area contributed by atoms with Crippen molar-refractivity contribution < 1.29 is 9.15 Å². The van der Waals surface area contributed by atoms with E-state index in [0.29, 0.717) is 12.3 Å². The minimum atomic E-state index is 0.0450. The first-order valence-electron chi connectivity index (χ1n) is 5.78. The highest BCUT2D eigenvalue weighted by atomic mass is 16.6. The van der Waals surface area contributed by atoms with Crippen molar-refractivity contribution in [3.8, 4) is 11.8 Å². The van der Waals surface area contributed by atoms with Crippen LogP contribution in [-0.4, -0.2) is 20.3 Å². The molecule has 2 aromatic heterocycles. The maximum Gasteiger partial charge on any atom is 0.399 e. The normalized spacial score (nSPS) is 11.8. The molecule has 98 valence electrons. The molecule has 0 saturated heterocycles. The predicted molar refractivity (Wildman–Crippen MR) is 66.4 cm³/mol. The Morgan fingerprint density at radius 3 is 2.83 bits per heavy atom. The van der Waals surface area contributed by atoms with Gasteiger partial charge in [0.2, 0.25) is 0 Å². The summed E-state index contributed by atoms with van der Waals surface area (Å²) in [5.74, 6) is 0.606. The quantitative estimate of drug-likeness (QED) is 0.900. The van der Waals surface area contributed by atoms with Gasteiger partial charge in [-0.2, -0.15) is 10.1 Å². The van der Waals surface area contributed by atoms with E-state index in [1.165, 1.54) is 0 Å². The van der Waals surface area contributed by atoms with E-state index < -0.39 is 0 Å². The van der Waals surface area contributed by atoms with Gasteiger partial charge in [-0.15, -0.1) is 0 Å². The molecule has 1 N–H and O–H groups in total.